The summed E-state index contributed by atoms with van der Waals surface area (Å²) < 4.78 is 0. The van der Waals surface area contributed by atoms with Gasteiger partial charge in [-0.05, 0) is 78.6 Å². The van der Waals surface area contributed by atoms with Gasteiger partial charge in [0, 0.05) is 72.5 Å². The quantitative estimate of drug-likeness (QED) is 0.188. The van der Waals surface area contributed by atoms with Gasteiger partial charge in [0.25, 0.3) is 5.91 Å². The van der Waals surface area contributed by atoms with Crippen LogP contribution in [0, 0.1) is 17.8 Å². The third-order valence-electron chi connectivity index (χ3n) is 10.5. The summed E-state index contributed by atoms with van der Waals surface area (Å²) in [6.45, 7) is 1.44. The lowest BCUT2D eigenvalue weighted by Gasteiger charge is -2.40. The summed E-state index contributed by atoms with van der Waals surface area (Å²) in [4.78, 5) is 66.2. The molecule has 11 heteroatoms. The molecule has 3 N–H and O–H groups in total. The molecule has 4 amide bonds. The molecule has 2 aliphatic rings. The number of nitrogens with zero attached hydrogens (tertiary/aromatic N) is 3. The SMILES string of the molecule is CNC(=O)[C@H](CCCc1ccccc1)NC(=O)C1CN(C(=O)Cc2c[nH]c3cc(Cl)ccc23)CC2CN(C(=O)c3ccc4ncccc4c3)CC21. The first-order chi connectivity index (χ1) is 24.8. The van der Waals surface area contributed by atoms with Gasteiger partial charge in [-0.25, -0.2) is 0 Å². The average Bonchev–Trinajstić information content (AvgIpc) is 3.77. The Labute approximate surface area is 301 Å². The highest BCUT2D eigenvalue weighted by Crippen LogP contribution is 2.37. The maximum atomic E-state index is 14.2. The van der Waals surface area contributed by atoms with E-state index in [-0.39, 0.29) is 48.4 Å². The molecule has 0 radical (unpaired) electrons. The van der Waals surface area contributed by atoms with Gasteiger partial charge in [0.05, 0.1) is 17.9 Å². The predicted octanol–water partition coefficient (Wildman–Crippen LogP) is 5.01. The van der Waals surface area contributed by atoms with Gasteiger partial charge in [-0.3, -0.25) is 24.2 Å². The molecular weight excluding hydrogens is 664 g/mol. The number of nitrogens with one attached hydrogen (secondary N) is 3. The summed E-state index contributed by atoms with van der Waals surface area (Å²) in [6.07, 6.45) is 5.66. The third kappa shape index (κ3) is 7.46. The van der Waals surface area contributed by atoms with Crippen LogP contribution in [0.5, 0.6) is 0 Å². The van der Waals surface area contributed by atoms with E-state index in [1.807, 2.05) is 60.8 Å². The second-order valence-corrected chi connectivity index (χ2v) is 14.1. The van der Waals surface area contributed by atoms with Crippen LogP contribution in [0.2, 0.25) is 5.02 Å². The summed E-state index contributed by atoms with van der Waals surface area (Å²) in [6, 6.07) is 24.1. The van der Waals surface area contributed by atoms with Crippen LogP contribution in [0.25, 0.3) is 21.8 Å². The predicted molar refractivity (Wildman–Crippen MR) is 197 cm³/mol. The second-order valence-electron chi connectivity index (χ2n) is 13.7. The van der Waals surface area contributed by atoms with Crippen LogP contribution >= 0.6 is 11.6 Å². The zero-order chi connectivity index (χ0) is 35.5. The van der Waals surface area contributed by atoms with E-state index in [0.717, 1.165) is 33.8 Å². The first-order valence-electron chi connectivity index (χ1n) is 17.5. The number of aromatic amines is 1. The third-order valence-corrected chi connectivity index (χ3v) is 10.7. The molecular formula is C40H41ClN6O4. The van der Waals surface area contributed by atoms with E-state index in [1.165, 1.54) is 5.56 Å². The van der Waals surface area contributed by atoms with E-state index in [9.17, 15) is 19.2 Å². The van der Waals surface area contributed by atoms with Crippen LogP contribution in [-0.4, -0.2) is 82.7 Å². The summed E-state index contributed by atoms with van der Waals surface area (Å²) in [5.74, 6) is -1.63. The zero-order valence-electron chi connectivity index (χ0n) is 28.5. The molecule has 0 spiro atoms. The van der Waals surface area contributed by atoms with E-state index in [0.29, 0.717) is 43.1 Å². The Kier molecular flexibility index (Phi) is 10.0. The molecule has 0 saturated carbocycles. The number of hydrogen-bond donors (Lipinski definition) is 3. The number of aryl methyl sites for hydroxylation is 1. The van der Waals surface area contributed by atoms with Crippen molar-refractivity contribution in [1.29, 1.82) is 0 Å². The Bertz CT molecular complexity index is 2080. The maximum Gasteiger partial charge on any atom is 0.253 e. The van der Waals surface area contributed by atoms with Crippen molar-refractivity contribution in [3.05, 3.63) is 113 Å². The van der Waals surface area contributed by atoms with E-state index < -0.39 is 12.0 Å². The Morgan fingerprint density at radius 1 is 0.941 bits per heavy atom. The highest BCUT2D eigenvalue weighted by molar-refractivity contribution is 6.31. The van der Waals surface area contributed by atoms with Gasteiger partial charge in [0.1, 0.15) is 6.04 Å². The highest BCUT2D eigenvalue weighted by Gasteiger charge is 2.48. The molecule has 2 fully saturated rings. The van der Waals surface area contributed by atoms with Crippen LogP contribution in [0.3, 0.4) is 0 Å². The van der Waals surface area contributed by atoms with Gasteiger partial charge in [0.2, 0.25) is 17.7 Å². The Balaban J connectivity index is 1.11. The molecule has 51 heavy (non-hydrogen) atoms. The molecule has 3 aromatic carbocycles. The smallest absolute Gasteiger partial charge is 0.253 e. The first kappa shape index (κ1) is 34.2. The van der Waals surface area contributed by atoms with Crippen molar-refractivity contribution in [3.8, 4) is 0 Å². The normalized spacial score (nSPS) is 19.1. The topological polar surface area (TPSA) is 128 Å². The van der Waals surface area contributed by atoms with Crippen LogP contribution in [0.4, 0.5) is 0 Å². The van der Waals surface area contributed by atoms with Crippen molar-refractivity contribution in [2.45, 2.75) is 31.7 Å². The largest absolute Gasteiger partial charge is 0.361 e. The summed E-state index contributed by atoms with van der Waals surface area (Å²) in [5, 5.41) is 8.16. The molecule has 4 atom stereocenters. The minimum Gasteiger partial charge on any atom is -0.361 e. The number of pyridine rings is 1. The van der Waals surface area contributed by atoms with Gasteiger partial charge in [-0.1, -0.05) is 54.1 Å². The highest BCUT2D eigenvalue weighted by atomic mass is 35.5. The van der Waals surface area contributed by atoms with E-state index in [1.54, 1.807) is 35.2 Å². The molecule has 262 valence electrons. The van der Waals surface area contributed by atoms with Crippen LogP contribution in [-0.2, 0) is 27.2 Å². The monoisotopic (exact) mass is 704 g/mol. The van der Waals surface area contributed by atoms with Crippen molar-refractivity contribution < 1.29 is 19.2 Å². The number of carbonyl (C=O) groups is 4. The lowest BCUT2D eigenvalue weighted by Crippen LogP contribution is -2.56. The lowest BCUT2D eigenvalue weighted by molar-refractivity contribution is -0.140. The molecule has 0 aliphatic carbocycles. The standard InChI is InChI=1S/C40H41ClN6O4/c1-42-39(50)35(11-5-9-25-7-3-2-4-8-25)45-38(49)33-24-46(37(48)18-28-20-44-36-19-30(41)13-14-31(28)36)21-29-22-47(23-32(29)33)40(51)27-12-15-34-26(17-27)10-6-16-43-34/h2-4,6-8,10,12-17,19-20,29,32-33,35,44H,5,9,11,18,21-24H2,1H3,(H,42,50)(H,45,49)/t29?,32?,33?,35-/m0/s1. The zero-order valence-corrected chi connectivity index (χ0v) is 29.2. The molecule has 3 unspecified atom stereocenters. The fourth-order valence-electron chi connectivity index (χ4n) is 7.77. The number of H-pyrrole nitrogens is 1. The number of hydrogen-bond acceptors (Lipinski definition) is 5. The number of aromatic nitrogens is 2. The van der Waals surface area contributed by atoms with Gasteiger partial charge >= 0.3 is 0 Å². The van der Waals surface area contributed by atoms with E-state index in [2.05, 4.69) is 32.7 Å². The fraction of sp³-hybridized carbons (Fsp3) is 0.325. The molecule has 7 rings (SSSR count). The number of benzene rings is 3. The Hall–Kier alpha value is -5.22. The maximum absolute atomic E-state index is 14.2. The van der Waals surface area contributed by atoms with Crippen LogP contribution in [0.15, 0.2) is 91.3 Å². The summed E-state index contributed by atoms with van der Waals surface area (Å²) in [7, 11) is 1.57. The van der Waals surface area contributed by atoms with Crippen molar-refractivity contribution in [2.24, 2.45) is 17.8 Å². The molecule has 2 saturated heterocycles. The van der Waals surface area contributed by atoms with Crippen molar-refractivity contribution in [2.75, 3.05) is 33.2 Å². The van der Waals surface area contributed by atoms with Crippen LogP contribution < -0.4 is 10.6 Å². The first-order valence-corrected chi connectivity index (χ1v) is 17.9. The number of piperidine rings is 1. The number of carbonyl (C=O) groups excluding carboxylic acids is 4. The van der Waals surface area contributed by atoms with Gasteiger partial charge in [0.15, 0.2) is 0 Å². The Morgan fingerprint density at radius 3 is 2.59 bits per heavy atom. The van der Waals surface area contributed by atoms with Crippen molar-refractivity contribution in [3.63, 3.8) is 0 Å². The number of fused-ring (bicyclic) bond motifs is 3. The minimum atomic E-state index is -0.723. The number of likely N-dealkylation sites (tertiary alicyclic amines) is 2. The average molecular weight is 705 g/mol. The Morgan fingerprint density at radius 2 is 1.76 bits per heavy atom. The molecule has 4 heterocycles. The molecule has 0 bridgehead atoms. The second kappa shape index (κ2) is 14.9. The number of halogens is 1. The number of rotatable bonds is 10. The van der Waals surface area contributed by atoms with Crippen molar-refractivity contribution >= 4 is 57.0 Å². The molecule has 10 nitrogen and oxygen atoms in total. The molecule has 2 aliphatic heterocycles. The van der Waals surface area contributed by atoms with E-state index in [4.69, 9.17) is 11.6 Å². The van der Waals surface area contributed by atoms with Gasteiger partial charge in [-0.2, -0.15) is 0 Å². The summed E-state index contributed by atoms with van der Waals surface area (Å²) >= 11 is 6.18. The van der Waals surface area contributed by atoms with Crippen LogP contribution in [0.1, 0.15) is 34.3 Å². The van der Waals surface area contributed by atoms with Crippen molar-refractivity contribution in [1.82, 2.24) is 30.4 Å². The molecule has 2 aromatic heterocycles. The fourth-order valence-corrected chi connectivity index (χ4v) is 7.94. The summed E-state index contributed by atoms with van der Waals surface area (Å²) in [5.41, 5.74) is 4.23. The van der Waals surface area contributed by atoms with Gasteiger partial charge in [-0.15, -0.1) is 0 Å². The number of amides is 4. The minimum absolute atomic E-state index is 0.0976. The lowest BCUT2D eigenvalue weighted by atomic mass is 9.79. The van der Waals surface area contributed by atoms with E-state index >= 15 is 0 Å². The number of likely N-dealkylation sites (N-methyl/N-ethyl adjacent to an activating group) is 1. The van der Waals surface area contributed by atoms with Gasteiger partial charge < -0.3 is 25.4 Å². The molecule has 5 aromatic rings.